The SMILES string of the molecule is Cc1ccc(N2C(SCc3ccc(Cl)c(Cl)c3)=NC3CS(=O)(=O)CC32)c(C)c1. The number of rotatable bonds is 3. The fraction of sp³-hybridized carbons (Fsp3) is 0.350. The van der Waals surface area contributed by atoms with Crippen LogP contribution in [-0.4, -0.2) is 37.2 Å². The summed E-state index contributed by atoms with van der Waals surface area (Å²) in [5, 5.41) is 1.93. The van der Waals surface area contributed by atoms with Crippen molar-refractivity contribution in [2.45, 2.75) is 31.7 Å². The van der Waals surface area contributed by atoms with Gasteiger partial charge in [0.1, 0.15) is 0 Å². The number of fused-ring (bicyclic) bond motifs is 1. The third kappa shape index (κ3) is 3.92. The number of aliphatic imine (C=N–C) groups is 1. The van der Waals surface area contributed by atoms with Crippen LogP contribution >= 0.6 is 35.0 Å². The predicted molar refractivity (Wildman–Crippen MR) is 120 cm³/mol. The van der Waals surface area contributed by atoms with Crippen LogP contribution in [0.15, 0.2) is 41.4 Å². The van der Waals surface area contributed by atoms with E-state index >= 15 is 0 Å². The Balaban J connectivity index is 1.64. The Hall–Kier alpha value is -1.21. The van der Waals surface area contributed by atoms with Crippen molar-refractivity contribution in [2.24, 2.45) is 4.99 Å². The summed E-state index contributed by atoms with van der Waals surface area (Å²) >= 11 is 13.7. The average molecular weight is 455 g/mol. The molecule has 0 aliphatic carbocycles. The summed E-state index contributed by atoms with van der Waals surface area (Å²) in [5.74, 6) is 0.949. The second-order valence-electron chi connectivity index (χ2n) is 7.32. The molecule has 2 heterocycles. The van der Waals surface area contributed by atoms with Crippen LogP contribution in [0.3, 0.4) is 0 Å². The molecule has 2 aliphatic heterocycles. The molecule has 4 nitrogen and oxygen atoms in total. The summed E-state index contributed by atoms with van der Waals surface area (Å²) in [5.41, 5.74) is 4.37. The van der Waals surface area contributed by atoms with Crippen LogP contribution in [0, 0.1) is 13.8 Å². The van der Waals surface area contributed by atoms with Crippen molar-refractivity contribution in [3.8, 4) is 0 Å². The summed E-state index contributed by atoms with van der Waals surface area (Å²) in [6.45, 7) is 4.11. The molecule has 0 amide bonds. The van der Waals surface area contributed by atoms with Gasteiger partial charge in [-0.05, 0) is 43.2 Å². The van der Waals surface area contributed by atoms with E-state index in [-0.39, 0.29) is 23.6 Å². The van der Waals surface area contributed by atoms with Crippen LogP contribution in [-0.2, 0) is 15.6 Å². The normalized spacial score (nSPS) is 23.0. The van der Waals surface area contributed by atoms with Gasteiger partial charge in [0.05, 0.1) is 33.6 Å². The highest BCUT2D eigenvalue weighted by Crippen LogP contribution is 2.37. The zero-order chi connectivity index (χ0) is 20.1. The minimum atomic E-state index is -3.06. The Morgan fingerprint density at radius 2 is 1.89 bits per heavy atom. The first-order valence-electron chi connectivity index (χ1n) is 8.95. The first kappa shape index (κ1) is 20.1. The maximum absolute atomic E-state index is 12.2. The fourth-order valence-electron chi connectivity index (χ4n) is 3.77. The fourth-order valence-corrected chi connectivity index (χ4v) is 6.99. The molecule has 2 unspecified atom stereocenters. The smallest absolute Gasteiger partial charge is 0.164 e. The van der Waals surface area contributed by atoms with Gasteiger partial charge in [0.2, 0.25) is 0 Å². The number of amidine groups is 1. The number of hydrogen-bond acceptors (Lipinski definition) is 5. The van der Waals surface area contributed by atoms with Crippen molar-refractivity contribution in [1.29, 1.82) is 0 Å². The van der Waals surface area contributed by atoms with E-state index in [2.05, 4.69) is 36.9 Å². The number of hydrogen-bond donors (Lipinski definition) is 0. The molecular weight excluding hydrogens is 435 g/mol. The van der Waals surface area contributed by atoms with E-state index in [1.54, 1.807) is 17.8 Å². The van der Waals surface area contributed by atoms with Gasteiger partial charge in [-0.1, -0.05) is 58.7 Å². The second kappa shape index (κ2) is 7.56. The molecule has 148 valence electrons. The number of thioether (sulfide) groups is 1. The van der Waals surface area contributed by atoms with Gasteiger partial charge in [0.25, 0.3) is 0 Å². The molecule has 1 fully saturated rings. The second-order valence-corrected chi connectivity index (χ2v) is 11.2. The van der Waals surface area contributed by atoms with Crippen LogP contribution in [0.4, 0.5) is 5.69 Å². The topological polar surface area (TPSA) is 49.7 Å². The van der Waals surface area contributed by atoms with Gasteiger partial charge in [-0.25, -0.2) is 8.42 Å². The van der Waals surface area contributed by atoms with Crippen LogP contribution in [0.5, 0.6) is 0 Å². The molecule has 2 aliphatic rings. The monoisotopic (exact) mass is 454 g/mol. The van der Waals surface area contributed by atoms with Crippen molar-refractivity contribution >= 4 is 55.7 Å². The minimum absolute atomic E-state index is 0.121. The van der Waals surface area contributed by atoms with Crippen molar-refractivity contribution in [1.82, 2.24) is 0 Å². The predicted octanol–water partition coefficient (Wildman–Crippen LogP) is 4.89. The summed E-state index contributed by atoms with van der Waals surface area (Å²) in [4.78, 5) is 6.91. The first-order valence-corrected chi connectivity index (χ1v) is 12.5. The van der Waals surface area contributed by atoms with Crippen LogP contribution < -0.4 is 4.90 Å². The standard InChI is InChI=1S/C20H20Cl2N2O2S2/c1-12-3-6-18(13(2)7-12)24-19-11-28(25,26)10-17(19)23-20(24)27-9-14-4-5-15(21)16(22)8-14/h3-8,17,19H,9-11H2,1-2H3. The molecule has 2 aromatic carbocycles. The molecule has 2 aromatic rings. The highest BCUT2D eigenvalue weighted by atomic mass is 35.5. The lowest BCUT2D eigenvalue weighted by atomic mass is 10.1. The van der Waals surface area contributed by atoms with Crippen LogP contribution in [0.1, 0.15) is 16.7 Å². The van der Waals surface area contributed by atoms with E-state index < -0.39 is 9.84 Å². The molecule has 0 spiro atoms. The Morgan fingerprint density at radius 3 is 2.61 bits per heavy atom. The third-order valence-corrected chi connectivity index (χ3v) is 8.55. The van der Waals surface area contributed by atoms with Gasteiger partial charge in [0.15, 0.2) is 15.0 Å². The van der Waals surface area contributed by atoms with Gasteiger partial charge < -0.3 is 4.90 Å². The van der Waals surface area contributed by atoms with E-state index in [0.717, 1.165) is 22.0 Å². The number of aryl methyl sites for hydroxylation is 2. The maximum Gasteiger partial charge on any atom is 0.164 e. The lowest BCUT2D eigenvalue weighted by Gasteiger charge is -2.28. The Labute approximate surface area is 179 Å². The molecule has 0 radical (unpaired) electrons. The summed E-state index contributed by atoms with van der Waals surface area (Å²) in [7, 11) is -3.06. The zero-order valence-corrected chi connectivity index (χ0v) is 18.7. The number of anilines is 1. The lowest BCUT2D eigenvalue weighted by Crippen LogP contribution is -2.39. The van der Waals surface area contributed by atoms with Gasteiger partial charge in [-0.15, -0.1) is 0 Å². The summed E-state index contributed by atoms with van der Waals surface area (Å²) in [6, 6.07) is 11.5. The number of sulfone groups is 1. The first-order chi connectivity index (χ1) is 13.2. The number of nitrogens with zero attached hydrogens (tertiary/aromatic N) is 2. The van der Waals surface area contributed by atoms with Crippen molar-refractivity contribution < 1.29 is 8.42 Å². The van der Waals surface area contributed by atoms with Gasteiger partial charge in [-0.2, -0.15) is 0 Å². The molecular formula is C20H20Cl2N2O2S2. The molecule has 0 bridgehead atoms. The summed E-state index contributed by atoms with van der Waals surface area (Å²) < 4.78 is 24.4. The van der Waals surface area contributed by atoms with Crippen molar-refractivity contribution in [2.75, 3.05) is 16.4 Å². The Kier molecular flexibility index (Phi) is 5.42. The molecule has 8 heteroatoms. The number of halogens is 2. The molecule has 0 N–H and O–H groups in total. The molecule has 4 rings (SSSR count). The average Bonchev–Trinajstić information content (AvgIpc) is 3.08. The van der Waals surface area contributed by atoms with Crippen LogP contribution in [0.25, 0.3) is 0 Å². The number of benzene rings is 2. The van der Waals surface area contributed by atoms with E-state index in [1.807, 2.05) is 12.1 Å². The zero-order valence-electron chi connectivity index (χ0n) is 15.5. The Morgan fingerprint density at radius 1 is 1.11 bits per heavy atom. The van der Waals surface area contributed by atoms with E-state index in [9.17, 15) is 8.42 Å². The van der Waals surface area contributed by atoms with Gasteiger partial charge in [-0.3, -0.25) is 4.99 Å². The lowest BCUT2D eigenvalue weighted by molar-refractivity contribution is 0.601. The maximum atomic E-state index is 12.2. The molecule has 2 atom stereocenters. The van der Waals surface area contributed by atoms with Crippen molar-refractivity contribution in [3.05, 3.63) is 63.1 Å². The van der Waals surface area contributed by atoms with Crippen molar-refractivity contribution in [3.63, 3.8) is 0 Å². The molecule has 0 saturated carbocycles. The van der Waals surface area contributed by atoms with Gasteiger partial charge in [0, 0.05) is 11.4 Å². The molecule has 1 saturated heterocycles. The minimum Gasteiger partial charge on any atom is -0.315 e. The highest BCUT2D eigenvalue weighted by molar-refractivity contribution is 8.13. The molecule has 28 heavy (non-hydrogen) atoms. The van der Waals surface area contributed by atoms with E-state index in [4.69, 9.17) is 28.2 Å². The van der Waals surface area contributed by atoms with Gasteiger partial charge >= 0.3 is 0 Å². The molecule has 0 aromatic heterocycles. The largest absolute Gasteiger partial charge is 0.315 e. The quantitative estimate of drug-likeness (QED) is 0.662. The van der Waals surface area contributed by atoms with E-state index in [0.29, 0.717) is 15.8 Å². The summed E-state index contributed by atoms with van der Waals surface area (Å²) in [6.07, 6.45) is 0. The van der Waals surface area contributed by atoms with E-state index in [1.165, 1.54) is 5.56 Å². The highest BCUT2D eigenvalue weighted by Gasteiger charge is 2.47. The Bertz CT molecular complexity index is 1070. The third-order valence-electron chi connectivity index (χ3n) is 5.07. The van der Waals surface area contributed by atoms with Crippen LogP contribution in [0.2, 0.25) is 10.0 Å².